The van der Waals surface area contributed by atoms with Gasteiger partial charge in [0, 0.05) is 43.5 Å². The second-order valence-corrected chi connectivity index (χ2v) is 6.10. The lowest BCUT2D eigenvalue weighted by atomic mass is 10.2. The van der Waals surface area contributed by atoms with Gasteiger partial charge < -0.3 is 15.2 Å². The molecule has 0 bridgehead atoms. The summed E-state index contributed by atoms with van der Waals surface area (Å²) in [5, 5.41) is 15.1. The van der Waals surface area contributed by atoms with Gasteiger partial charge in [0.1, 0.15) is 5.69 Å². The molecule has 3 rings (SSSR count). The minimum atomic E-state index is 0. The SMILES string of the molecule is CN=C(NCc1cc(-c2ccccc2)on1)NCc1c(C)nn(C)c1C.I. The van der Waals surface area contributed by atoms with Crippen LogP contribution in [-0.2, 0) is 20.1 Å². The number of aryl methyl sites for hydroxylation is 2. The first-order valence-corrected chi connectivity index (χ1v) is 8.53. The largest absolute Gasteiger partial charge is 0.356 e. The molecule has 27 heavy (non-hydrogen) atoms. The molecule has 2 aromatic heterocycles. The number of rotatable bonds is 5. The quantitative estimate of drug-likeness (QED) is 0.333. The van der Waals surface area contributed by atoms with Crippen molar-refractivity contribution in [1.82, 2.24) is 25.6 Å². The number of nitrogens with one attached hydrogen (secondary N) is 2. The van der Waals surface area contributed by atoms with Crippen LogP contribution in [-0.4, -0.2) is 27.9 Å². The van der Waals surface area contributed by atoms with E-state index in [0.29, 0.717) is 19.0 Å². The smallest absolute Gasteiger partial charge is 0.191 e. The average Bonchev–Trinajstić information content (AvgIpc) is 3.22. The Kier molecular flexibility index (Phi) is 7.40. The van der Waals surface area contributed by atoms with E-state index in [0.717, 1.165) is 28.4 Å². The van der Waals surface area contributed by atoms with Crippen LogP contribution in [0, 0.1) is 13.8 Å². The monoisotopic (exact) mass is 480 g/mol. The van der Waals surface area contributed by atoms with Crippen molar-refractivity contribution in [2.75, 3.05) is 7.05 Å². The van der Waals surface area contributed by atoms with Crippen LogP contribution in [0.1, 0.15) is 22.6 Å². The van der Waals surface area contributed by atoms with E-state index in [4.69, 9.17) is 4.52 Å². The number of halogens is 1. The molecule has 0 radical (unpaired) electrons. The topological polar surface area (TPSA) is 80.3 Å². The Hall–Kier alpha value is -2.36. The minimum Gasteiger partial charge on any atom is -0.356 e. The number of hydrogen-bond acceptors (Lipinski definition) is 4. The Bertz CT molecular complexity index is 900. The molecule has 7 nitrogen and oxygen atoms in total. The zero-order chi connectivity index (χ0) is 18.5. The van der Waals surface area contributed by atoms with Gasteiger partial charge in [-0.25, -0.2) is 0 Å². The molecule has 0 saturated heterocycles. The van der Waals surface area contributed by atoms with Crippen LogP contribution in [0.2, 0.25) is 0 Å². The van der Waals surface area contributed by atoms with Crippen LogP contribution in [0.5, 0.6) is 0 Å². The van der Waals surface area contributed by atoms with Crippen LogP contribution >= 0.6 is 24.0 Å². The molecule has 0 fully saturated rings. The van der Waals surface area contributed by atoms with Crippen molar-refractivity contribution in [2.45, 2.75) is 26.9 Å². The van der Waals surface area contributed by atoms with Crippen molar-refractivity contribution in [1.29, 1.82) is 0 Å². The summed E-state index contributed by atoms with van der Waals surface area (Å²) in [6.45, 7) is 5.27. The standard InChI is InChI=1S/C19H24N6O.HI/c1-13-17(14(2)25(4)23-13)12-22-19(20-3)21-11-16-10-18(26-24-16)15-8-6-5-7-9-15;/h5-10H,11-12H2,1-4H3,(H2,20,21,22);1H. The molecule has 0 unspecified atom stereocenters. The van der Waals surface area contributed by atoms with E-state index >= 15 is 0 Å². The zero-order valence-electron chi connectivity index (χ0n) is 16.0. The first-order valence-electron chi connectivity index (χ1n) is 8.53. The van der Waals surface area contributed by atoms with Crippen molar-refractivity contribution in [2.24, 2.45) is 12.0 Å². The van der Waals surface area contributed by atoms with Gasteiger partial charge in [-0.1, -0.05) is 35.5 Å². The van der Waals surface area contributed by atoms with Gasteiger partial charge in [0.25, 0.3) is 0 Å². The Labute approximate surface area is 176 Å². The molecule has 0 aliphatic carbocycles. The molecule has 0 spiro atoms. The molecule has 1 aromatic carbocycles. The van der Waals surface area contributed by atoms with E-state index in [2.05, 4.69) is 32.8 Å². The predicted octanol–water partition coefficient (Wildman–Crippen LogP) is 3.18. The van der Waals surface area contributed by atoms with E-state index in [1.165, 1.54) is 5.56 Å². The summed E-state index contributed by atoms with van der Waals surface area (Å²) < 4.78 is 7.31. The van der Waals surface area contributed by atoms with E-state index in [1.807, 2.05) is 55.1 Å². The molecule has 2 heterocycles. The molecule has 0 aliphatic heterocycles. The van der Waals surface area contributed by atoms with Gasteiger partial charge in [0.15, 0.2) is 11.7 Å². The van der Waals surface area contributed by atoms with E-state index in [9.17, 15) is 0 Å². The predicted molar refractivity (Wildman–Crippen MR) is 117 cm³/mol. The molecular formula is C19H25IN6O. The number of aliphatic imine (C=N–C) groups is 1. The van der Waals surface area contributed by atoms with E-state index in [1.54, 1.807) is 7.05 Å². The van der Waals surface area contributed by atoms with Crippen LogP contribution in [0.15, 0.2) is 45.9 Å². The molecule has 0 atom stereocenters. The summed E-state index contributed by atoms with van der Waals surface area (Å²) in [7, 11) is 3.70. The van der Waals surface area contributed by atoms with Crippen molar-refractivity contribution in [3.8, 4) is 11.3 Å². The van der Waals surface area contributed by atoms with Gasteiger partial charge in [-0.15, -0.1) is 24.0 Å². The molecule has 2 N–H and O–H groups in total. The highest BCUT2D eigenvalue weighted by Crippen LogP contribution is 2.19. The lowest BCUT2D eigenvalue weighted by Gasteiger charge is -2.11. The van der Waals surface area contributed by atoms with Gasteiger partial charge in [-0.2, -0.15) is 5.10 Å². The number of hydrogen-bond donors (Lipinski definition) is 2. The molecule has 0 saturated carbocycles. The fourth-order valence-corrected chi connectivity index (χ4v) is 2.77. The lowest BCUT2D eigenvalue weighted by Crippen LogP contribution is -2.36. The Balaban J connectivity index is 0.00000261. The first kappa shape index (κ1) is 20.9. The van der Waals surface area contributed by atoms with Crippen LogP contribution < -0.4 is 10.6 Å². The fraction of sp³-hybridized carbons (Fsp3) is 0.316. The number of aromatic nitrogens is 3. The summed E-state index contributed by atoms with van der Waals surface area (Å²) in [4.78, 5) is 4.26. The normalized spacial score (nSPS) is 11.2. The van der Waals surface area contributed by atoms with E-state index in [-0.39, 0.29) is 24.0 Å². The molecule has 0 amide bonds. The Morgan fingerprint density at radius 2 is 1.85 bits per heavy atom. The van der Waals surface area contributed by atoms with Crippen molar-refractivity contribution in [3.63, 3.8) is 0 Å². The highest BCUT2D eigenvalue weighted by Gasteiger charge is 2.10. The van der Waals surface area contributed by atoms with Crippen molar-refractivity contribution in [3.05, 3.63) is 59.0 Å². The Morgan fingerprint density at radius 3 is 2.48 bits per heavy atom. The molecule has 3 aromatic rings. The summed E-state index contributed by atoms with van der Waals surface area (Å²) in [5.41, 5.74) is 5.19. The summed E-state index contributed by atoms with van der Waals surface area (Å²) in [5.74, 6) is 1.46. The summed E-state index contributed by atoms with van der Waals surface area (Å²) in [6, 6.07) is 11.9. The number of guanidine groups is 1. The second-order valence-electron chi connectivity index (χ2n) is 6.10. The average molecular weight is 480 g/mol. The lowest BCUT2D eigenvalue weighted by molar-refractivity contribution is 0.422. The summed E-state index contributed by atoms with van der Waals surface area (Å²) in [6.07, 6.45) is 0. The van der Waals surface area contributed by atoms with Crippen molar-refractivity contribution < 1.29 is 4.52 Å². The van der Waals surface area contributed by atoms with Gasteiger partial charge in [0.05, 0.1) is 12.2 Å². The first-order chi connectivity index (χ1) is 12.6. The third-order valence-corrected chi connectivity index (χ3v) is 4.37. The van der Waals surface area contributed by atoms with Crippen LogP contribution in [0.25, 0.3) is 11.3 Å². The molecular weight excluding hydrogens is 455 g/mol. The van der Waals surface area contributed by atoms with Gasteiger partial charge in [0.2, 0.25) is 0 Å². The number of nitrogens with zero attached hydrogens (tertiary/aromatic N) is 4. The molecule has 144 valence electrons. The molecule has 0 aliphatic rings. The zero-order valence-corrected chi connectivity index (χ0v) is 18.3. The minimum absolute atomic E-state index is 0. The third kappa shape index (κ3) is 5.09. The molecule has 8 heteroatoms. The maximum absolute atomic E-state index is 5.42. The third-order valence-electron chi connectivity index (χ3n) is 4.37. The number of benzene rings is 1. The van der Waals surface area contributed by atoms with Gasteiger partial charge in [-0.05, 0) is 13.8 Å². The summed E-state index contributed by atoms with van der Waals surface area (Å²) >= 11 is 0. The van der Waals surface area contributed by atoms with Crippen LogP contribution in [0.4, 0.5) is 0 Å². The highest BCUT2D eigenvalue weighted by molar-refractivity contribution is 14.0. The van der Waals surface area contributed by atoms with Gasteiger partial charge >= 0.3 is 0 Å². The van der Waals surface area contributed by atoms with Crippen molar-refractivity contribution >= 4 is 29.9 Å². The van der Waals surface area contributed by atoms with Gasteiger partial charge in [-0.3, -0.25) is 9.67 Å². The maximum Gasteiger partial charge on any atom is 0.191 e. The van der Waals surface area contributed by atoms with Crippen LogP contribution in [0.3, 0.4) is 0 Å². The fourth-order valence-electron chi connectivity index (χ4n) is 2.77. The van der Waals surface area contributed by atoms with E-state index < -0.39 is 0 Å². The Morgan fingerprint density at radius 1 is 1.15 bits per heavy atom. The maximum atomic E-state index is 5.42. The highest BCUT2D eigenvalue weighted by atomic mass is 127. The second kappa shape index (κ2) is 9.54.